The van der Waals surface area contributed by atoms with Crippen molar-refractivity contribution in [2.75, 3.05) is 31.6 Å². The van der Waals surface area contributed by atoms with Crippen LogP contribution in [0.1, 0.15) is 12.0 Å². The van der Waals surface area contributed by atoms with Crippen molar-refractivity contribution in [2.24, 2.45) is 5.92 Å². The third-order valence-electron chi connectivity index (χ3n) is 4.57. The first-order chi connectivity index (χ1) is 12.2. The van der Waals surface area contributed by atoms with Crippen LogP contribution in [0.25, 0.3) is 0 Å². The predicted molar refractivity (Wildman–Crippen MR) is 100.0 cm³/mol. The summed E-state index contributed by atoms with van der Waals surface area (Å²) in [5, 5.41) is 5.89. The van der Waals surface area contributed by atoms with Crippen LogP contribution in [0, 0.1) is 5.92 Å². The quantitative estimate of drug-likeness (QED) is 0.851. The Balaban J connectivity index is 1.38. The van der Waals surface area contributed by atoms with Crippen LogP contribution in [0.15, 0.2) is 54.6 Å². The lowest BCUT2D eigenvalue weighted by atomic mass is 10.1. The highest BCUT2D eigenvalue weighted by atomic mass is 16.5. The minimum Gasteiger partial charge on any atom is -0.497 e. The molecule has 0 saturated carbocycles. The molecule has 132 valence electrons. The fraction of sp³-hybridized carbons (Fsp3) is 0.350. The van der Waals surface area contributed by atoms with E-state index in [4.69, 9.17) is 4.74 Å². The lowest BCUT2D eigenvalue weighted by molar-refractivity contribution is 0.239. The fourth-order valence-corrected chi connectivity index (χ4v) is 3.10. The average molecular weight is 339 g/mol. The number of benzene rings is 2. The summed E-state index contributed by atoms with van der Waals surface area (Å²) in [7, 11) is 1.64. The Morgan fingerprint density at radius 2 is 1.88 bits per heavy atom. The van der Waals surface area contributed by atoms with Crippen LogP contribution in [-0.4, -0.2) is 32.8 Å². The number of methoxy groups -OCH3 is 1. The third kappa shape index (κ3) is 4.89. The number of amides is 2. The first-order valence-electron chi connectivity index (χ1n) is 8.69. The van der Waals surface area contributed by atoms with Gasteiger partial charge >= 0.3 is 6.03 Å². The second-order valence-corrected chi connectivity index (χ2v) is 6.35. The molecular weight excluding hydrogens is 314 g/mol. The largest absolute Gasteiger partial charge is 0.497 e. The highest BCUT2D eigenvalue weighted by molar-refractivity contribution is 5.73. The van der Waals surface area contributed by atoms with Gasteiger partial charge in [0.1, 0.15) is 5.75 Å². The second kappa shape index (κ2) is 8.42. The summed E-state index contributed by atoms with van der Waals surface area (Å²) in [6.07, 6.45) is 1.10. The maximum absolute atomic E-state index is 12.0. The summed E-state index contributed by atoms with van der Waals surface area (Å²) in [5.74, 6) is 1.31. The van der Waals surface area contributed by atoms with E-state index in [-0.39, 0.29) is 6.03 Å². The van der Waals surface area contributed by atoms with Crippen LogP contribution >= 0.6 is 0 Å². The molecule has 2 N–H and O–H groups in total. The van der Waals surface area contributed by atoms with Gasteiger partial charge in [0, 0.05) is 31.9 Å². The minimum absolute atomic E-state index is 0.117. The summed E-state index contributed by atoms with van der Waals surface area (Å²) in [5.41, 5.74) is 2.31. The lowest BCUT2D eigenvalue weighted by Gasteiger charge is -2.18. The predicted octanol–water partition coefficient (Wildman–Crippen LogP) is 3.02. The number of urea groups is 1. The Morgan fingerprint density at radius 1 is 1.12 bits per heavy atom. The number of nitrogens with one attached hydrogen (secondary N) is 2. The third-order valence-corrected chi connectivity index (χ3v) is 4.57. The smallest absolute Gasteiger partial charge is 0.315 e. The van der Waals surface area contributed by atoms with Gasteiger partial charge in [0.2, 0.25) is 0 Å². The lowest BCUT2D eigenvalue weighted by Crippen LogP contribution is -2.38. The van der Waals surface area contributed by atoms with E-state index in [1.165, 1.54) is 5.69 Å². The second-order valence-electron chi connectivity index (χ2n) is 6.35. The normalized spacial score (nSPS) is 16.5. The summed E-state index contributed by atoms with van der Waals surface area (Å²) in [6, 6.07) is 18.0. The van der Waals surface area contributed by atoms with E-state index in [0.29, 0.717) is 19.0 Å². The molecule has 0 aliphatic carbocycles. The van der Waals surface area contributed by atoms with Gasteiger partial charge < -0.3 is 20.3 Å². The van der Waals surface area contributed by atoms with Crippen molar-refractivity contribution in [2.45, 2.75) is 13.0 Å². The summed E-state index contributed by atoms with van der Waals surface area (Å²) in [6.45, 7) is 3.25. The van der Waals surface area contributed by atoms with Crippen LogP contribution in [0.2, 0.25) is 0 Å². The molecule has 25 heavy (non-hydrogen) atoms. The van der Waals surface area contributed by atoms with Crippen molar-refractivity contribution in [1.82, 2.24) is 10.6 Å². The Morgan fingerprint density at radius 3 is 2.60 bits per heavy atom. The average Bonchev–Trinajstić information content (AvgIpc) is 3.15. The molecule has 0 unspecified atom stereocenters. The maximum atomic E-state index is 12.0. The summed E-state index contributed by atoms with van der Waals surface area (Å²) in [4.78, 5) is 14.4. The van der Waals surface area contributed by atoms with Gasteiger partial charge in [-0.2, -0.15) is 0 Å². The number of carbonyl (C=O) groups is 1. The Kier molecular flexibility index (Phi) is 5.77. The molecule has 1 heterocycles. The molecule has 1 atom stereocenters. The molecule has 5 nitrogen and oxygen atoms in total. The summed E-state index contributed by atoms with van der Waals surface area (Å²) < 4.78 is 5.13. The molecule has 0 aromatic heterocycles. The van der Waals surface area contributed by atoms with Crippen LogP contribution in [0.4, 0.5) is 10.5 Å². The van der Waals surface area contributed by atoms with Gasteiger partial charge in [0.05, 0.1) is 7.11 Å². The Bertz CT molecular complexity index is 673. The van der Waals surface area contributed by atoms with Crippen molar-refractivity contribution in [3.63, 3.8) is 0 Å². The molecule has 0 spiro atoms. The molecule has 1 aliphatic rings. The standard InChI is InChI=1S/C20H25N3O2/c1-25-19-9-7-16(8-10-19)13-21-20(24)22-14-17-11-12-23(15-17)18-5-3-2-4-6-18/h2-10,17H,11-15H2,1H3,(H2,21,22,24)/t17-/m1/s1. The number of ether oxygens (including phenoxy) is 1. The Labute approximate surface area is 149 Å². The van der Waals surface area contributed by atoms with E-state index in [1.54, 1.807) is 7.11 Å². The van der Waals surface area contributed by atoms with Gasteiger partial charge in [-0.1, -0.05) is 30.3 Å². The highest BCUT2D eigenvalue weighted by Gasteiger charge is 2.22. The van der Waals surface area contributed by atoms with Crippen LogP contribution in [-0.2, 0) is 6.54 Å². The van der Waals surface area contributed by atoms with Crippen molar-refractivity contribution in [3.8, 4) is 5.75 Å². The van der Waals surface area contributed by atoms with Crippen LogP contribution in [0.3, 0.4) is 0 Å². The molecule has 1 saturated heterocycles. The molecule has 3 rings (SSSR count). The van der Waals surface area contributed by atoms with E-state index in [2.05, 4.69) is 39.8 Å². The van der Waals surface area contributed by atoms with Crippen molar-refractivity contribution in [1.29, 1.82) is 0 Å². The number of hydrogen-bond acceptors (Lipinski definition) is 3. The van der Waals surface area contributed by atoms with Gasteiger partial charge in [0.25, 0.3) is 0 Å². The zero-order chi connectivity index (χ0) is 17.5. The SMILES string of the molecule is COc1ccc(CNC(=O)NC[C@H]2CCN(c3ccccc3)C2)cc1. The van der Waals surface area contributed by atoms with Gasteiger partial charge in [-0.15, -0.1) is 0 Å². The molecule has 1 fully saturated rings. The molecule has 2 aromatic rings. The van der Waals surface area contributed by atoms with E-state index in [9.17, 15) is 4.79 Å². The highest BCUT2D eigenvalue weighted by Crippen LogP contribution is 2.22. The molecular formula is C20H25N3O2. The number of carbonyl (C=O) groups excluding carboxylic acids is 1. The Hall–Kier alpha value is -2.69. The van der Waals surface area contributed by atoms with E-state index >= 15 is 0 Å². The molecule has 0 radical (unpaired) electrons. The fourth-order valence-electron chi connectivity index (χ4n) is 3.10. The first kappa shape index (κ1) is 17.1. The molecule has 2 aromatic carbocycles. The number of nitrogens with zero attached hydrogens (tertiary/aromatic N) is 1. The first-order valence-corrected chi connectivity index (χ1v) is 8.69. The number of rotatable bonds is 6. The van der Waals surface area contributed by atoms with Crippen molar-refractivity contribution >= 4 is 11.7 Å². The monoisotopic (exact) mass is 339 g/mol. The molecule has 2 amide bonds. The zero-order valence-corrected chi connectivity index (χ0v) is 14.6. The number of anilines is 1. The van der Waals surface area contributed by atoms with Crippen LogP contribution in [0.5, 0.6) is 5.75 Å². The number of hydrogen-bond donors (Lipinski definition) is 2. The number of para-hydroxylation sites is 1. The maximum Gasteiger partial charge on any atom is 0.315 e. The van der Waals surface area contributed by atoms with E-state index in [0.717, 1.165) is 30.8 Å². The topological polar surface area (TPSA) is 53.6 Å². The zero-order valence-electron chi connectivity index (χ0n) is 14.6. The van der Waals surface area contributed by atoms with Crippen molar-refractivity contribution in [3.05, 3.63) is 60.2 Å². The molecule has 1 aliphatic heterocycles. The van der Waals surface area contributed by atoms with E-state index < -0.39 is 0 Å². The van der Waals surface area contributed by atoms with Crippen LogP contribution < -0.4 is 20.3 Å². The van der Waals surface area contributed by atoms with Gasteiger partial charge in [-0.25, -0.2) is 4.79 Å². The minimum atomic E-state index is -0.117. The van der Waals surface area contributed by atoms with Gasteiger partial charge in [0.15, 0.2) is 0 Å². The van der Waals surface area contributed by atoms with Gasteiger partial charge in [-0.05, 0) is 42.2 Å². The summed E-state index contributed by atoms with van der Waals surface area (Å²) >= 11 is 0. The van der Waals surface area contributed by atoms with Gasteiger partial charge in [-0.3, -0.25) is 0 Å². The molecule has 5 heteroatoms. The van der Waals surface area contributed by atoms with Crippen molar-refractivity contribution < 1.29 is 9.53 Å². The molecule has 0 bridgehead atoms. The van der Waals surface area contributed by atoms with E-state index in [1.807, 2.05) is 30.3 Å².